The number of hydrazine groups is 1. The minimum absolute atomic E-state index is 0.181. The Morgan fingerprint density at radius 3 is 2.10 bits per heavy atom. The molecule has 3 aromatic rings. The van der Waals surface area contributed by atoms with Gasteiger partial charge in [0.25, 0.3) is 5.91 Å². The summed E-state index contributed by atoms with van der Waals surface area (Å²) >= 11 is 5.11. The van der Waals surface area contributed by atoms with E-state index < -0.39 is 0 Å². The van der Waals surface area contributed by atoms with Crippen molar-refractivity contribution in [3.63, 3.8) is 0 Å². The van der Waals surface area contributed by atoms with Crippen molar-refractivity contribution in [1.82, 2.24) is 10.9 Å². The molecule has 0 aliphatic heterocycles. The SMILES string of the molecule is CCOc1ccc(OCc2ccc(C(=O)NNC(=S)Nc3ccc(F)cc3)cc2)cc1. The Morgan fingerprint density at radius 2 is 1.48 bits per heavy atom. The molecular formula is C23H22FN3O3S. The average molecular weight is 440 g/mol. The van der Waals surface area contributed by atoms with Crippen molar-refractivity contribution in [1.29, 1.82) is 0 Å². The van der Waals surface area contributed by atoms with E-state index in [4.69, 9.17) is 21.7 Å². The third-order valence-electron chi connectivity index (χ3n) is 4.15. The van der Waals surface area contributed by atoms with Crippen LogP contribution in [-0.2, 0) is 6.61 Å². The molecule has 1 amide bonds. The lowest BCUT2D eigenvalue weighted by molar-refractivity contribution is 0.0944. The number of carbonyl (C=O) groups is 1. The number of hydrogen-bond donors (Lipinski definition) is 3. The molecule has 0 saturated heterocycles. The Morgan fingerprint density at radius 1 is 0.871 bits per heavy atom. The molecule has 3 aromatic carbocycles. The minimum atomic E-state index is -0.345. The van der Waals surface area contributed by atoms with Gasteiger partial charge in [0.05, 0.1) is 6.61 Å². The fourth-order valence-electron chi connectivity index (χ4n) is 2.60. The molecule has 0 heterocycles. The molecule has 0 aliphatic rings. The Labute approximate surface area is 185 Å². The van der Waals surface area contributed by atoms with E-state index >= 15 is 0 Å². The highest BCUT2D eigenvalue weighted by molar-refractivity contribution is 7.80. The summed E-state index contributed by atoms with van der Waals surface area (Å²) in [4.78, 5) is 12.3. The van der Waals surface area contributed by atoms with Crippen LogP contribution >= 0.6 is 12.2 Å². The van der Waals surface area contributed by atoms with Gasteiger partial charge >= 0.3 is 0 Å². The zero-order chi connectivity index (χ0) is 22.1. The number of benzene rings is 3. The standard InChI is InChI=1S/C23H22FN3O3S/c1-2-29-20-11-13-21(14-12-20)30-15-16-3-5-17(6-4-16)22(28)26-27-23(31)25-19-9-7-18(24)8-10-19/h3-14H,2,15H2,1H3,(H,26,28)(H2,25,27,31). The molecule has 0 aliphatic carbocycles. The predicted molar refractivity (Wildman–Crippen MR) is 122 cm³/mol. The molecule has 0 bridgehead atoms. The van der Waals surface area contributed by atoms with Gasteiger partial charge in [0.2, 0.25) is 0 Å². The molecule has 0 spiro atoms. The monoisotopic (exact) mass is 439 g/mol. The lowest BCUT2D eigenvalue weighted by Gasteiger charge is -2.12. The van der Waals surface area contributed by atoms with E-state index in [0.717, 1.165) is 17.1 Å². The van der Waals surface area contributed by atoms with Crippen LogP contribution in [0.4, 0.5) is 10.1 Å². The van der Waals surface area contributed by atoms with Gasteiger partial charge in [-0.1, -0.05) is 12.1 Å². The Hall–Kier alpha value is -3.65. The van der Waals surface area contributed by atoms with E-state index in [1.807, 2.05) is 43.3 Å². The second kappa shape index (κ2) is 10.9. The normalized spacial score (nSPS) is 10.1. The number of hydrogen-bond acceptors (Lipinski definition) is 4. The van der Waals surface area contributed by atoms with Gasteiger partial charge in [-0.25, -0.2) is 4.39 Å². The molecule has 0 unspecified atom stereocenters. The number of amides is 1. The van der Waals surface area contributed by atoms with E-state index in [0.29, 0.717) is 24.5 Å². The second-order valence-corrected chi connectivity index (χ2v) is 6.84. The van der Waals surface area contributed by atoms with E-state index in [9.17, 15) is 9.18 Å². The fourth-order valence-corrected chi connectivity index (χ4v) is 2.77. The molecule has 0 aromatic heterocycles. The predicted octanol–water partition coefficient (Wildman–Crippen LogP) is 4.43. The summed E-state index contributed by atoms with van der Waals surface area (Å²) in [5, 5.41) is 3.02. The number of ether oxygens (including phenoxy) is 2. The van der Waals surface area contributed by atoms with Crippen molar-refractivity contribution >= 4 is 28.9 Å². The summed E-state index contributed by atoms with van der Waals surface area (Å²) in [7, 11) is 0. The first-order valence-electron chi connectivity index (χ1n) is 9.61. The lowest BCUT2D eigenvalue weighted by atomic mass is 10.1. The fraction of sp³-hybridized carbons (Fsp3) is 0.130. The summed E-state index contributed by atoms with van der Waals surface area (Å²) in [6, 6.07) is 20.1. The second-order valence-electron chi connectivity index (χ2n) is 6.43. The first-order valence-corrected chi connectivity index (χ1v) is 10.0. The summed E-state index contributed by atoms with van der Waals surface area (Å²) < 4.78 is 24.1. The number of nitrogens with one attached hydrogen (secondary N) is 3. The maximum absolute atomic E-state index is 12.9. The molecule has 6 nitrogen and oxygen atoms in total. The van der Waals surface area contributed by atoms with Crippen molar-refractivity contribution in [2.24, 2.45) is 0 Å². The van der Waals surface area contributed by atoms with Gasteiger partial charge in [-0.2, -0.15) is 0 Å². The summed E-state index contributed by atoms with van der Waals surface area (Å²) in [6.07, 6.45) is 0. The largest absolute Gasteiger partial charge is 0.494 e. The number of halogens is 1. The Balaban J connectivity index is 1.44. The van der Waals surface area contributed by atoms with E-state index in [1.54, 1.807) is 24.3 Å². The first-order chi connectivity index (χ1) is 15.0. The smallest absolute Gasteiger partial charge is 0.269 e. The number of anilines is 1. The lowest BCUT2D eigenvalue weighted by Crippen LogP contribution is -2.43. The first kappa shape index (κ1) is 22.0. The minimum Gasteiger partial charge on any atom is -0.494 e. The van der Waals surface area contributed by atoms with Crippen LogP contribution in [0.3, 0.4) is 0 Å². The topological polar surface area (TPSA) is 71.6 Å². The molecule has 0 saturated carbocycles. The molecule has 160 valence electrons. The van der Waals surface area contributed by atoms with Gasteiger partial charge in [-0.15, -0.1) is 0 Å². The van der Waals surface area contributed by atoms with Crippen molar-refractivity contribution in [3.05, 3.63) is 89.7 Å². The highest BCUT2D eigenvalue weighted by Crippen LogP contribution is 2.18. The summed E-state index contributed by atoms with van der Waals surface area (Å²) in [6.45, 7) is 2.93. The van der Waals surface area contributed by atoms with Gasteiger partial charge < -0.3 is 14.8 Å². The summed E-state index contributed by atoms with van der Waals surface area (Å²) in [5.41, 5.74) is 7.11. The molecule has 0 atom stereocenters. The maximum Gasteiger partial charge on any atom is 0.269 e. The van der Waals surface area contributed by atoms with Crippen LogP contribution in [0.1, 0.15) is 22.8 Å². The third-order valence-corrected chi connectivity index (χ3v) is 4.35. The molecule has 0 fully saturated rings. The molecule has 3 N–H and O–H groups in total. The average Bonchev–Trinajstić information content (AvgIpc) is 2.79. The number of rotatable bonds is 7. The van der Waals surface area contributed by atoms with Gasteiger partial charge in [0.15, 0.2) is 5.11 Å². The van der Waals surface area contributed by atoms with E-state index in [2.05, 4.69) is 16.2 Å². The van der Waals surface area contributed by atoms with Crippen molar-refractivity contribution < 1.29 is 18.7 Å². The van der Waals surface area contributed by atoms with Crippen LogP contribution in [0.5, 0.6) is 11.5 Å². The molecular weight excluding hydrogens is 417 g/mol. The summed E-state index contributed by atoms with van der Waals surface area (Å²) in [5.74, 6) is 0.844. The van der Waals surface area contributed by atoms with Crippen LogP contribution in [0.2, 0.25) is 0 Å². The number of thiocarbonyl (C=S) groups is 1. The van der Waals surface area contributed by atoms with Gasteiger partial charge in [0, 0.05) is 11.3 Å². The molecule has 8 heteroatoms. The van der Waals surface area contributed by atoms with Crippen molar-refractivity contribution in [3.8, 4) is 11.5 Å². The van der Waals surface area contributed by atoms with Gasteiger partial charge in [-0.3, -0.25) is 15.6 Å². The molecule has 0 radical (unpaired) electrons. The Bertz CT molecular complexity index is 1010. The van der Waals surface area contributed by atoms with Crippen molar-refractivity contribution in [2.75, 3.05) is 11.9 Å². The zero-order valence-corrected chi connectivity index (χ0v) is 17.7. The van der Waals surface area contributed by atoms with Crippen LogP contribution in [0.25, 0.3) is 0 Å². The van der Waals surface area contributed by atoms with Gasteiger partial charge in [0.1, 0.15) is 23.9 Å². The van der Waals surface area contributed by atoms with Crippen LogP contribution in [0, 0.1) is 5.82 Å². The molecule has 31 heavy (non-hydrogen) atoms. The third kappa shape index (κ3) is 6.97. The van der Waals surface area contributed by atoms with Crippen LogP contribution < -0.4 is 25.6 Å². The molecule has 3 rings (SSSR count). The van der Waals surface area contributed by atoms with E-state index in [-0.39, 0.29) is 16.8 Å². The highest BCUT2D eigenvalue weighted by atomic mass is 32.1. The highest BCUT2D eigenvalue weighted by Gasteiger charge is 2.07. The number of carbonyl (C=O) groups excluding carboxylic acids is 1. The maximum atomic E-state index is 12.9. The quantitative estimate of drug-likeness (QED) is 0.374. The van der Waals surface area contributed by atoms with Crippen LogP contribution in [-0.4, -0.2) is 17.6 Å². The van der Waals surface area contributed by atoms with Crippen molar-refractivity contribution in [2.45, 2.75) is 13.5 Å². The Kier molecular flexibility index (Phi) is 7.78. The van der Waals surface area contributed by atoms with Gasteiger partial charge in [-0.05, 0) is 85.4 Å². The van der Waals surface area contributed by atoms with E-state index in [1.165, 1.54) is 12.1 Å². The van der Waals surface area contributed by atoms with Crippen LogP contribution in [0.15, 0.2) is 72.8 Å². The zero-order valence-electron chi connectivity index (χ0n) is 16.9.